The van der Waals surface area contributed by atoms with Crippen molar-refractivity contribution in [2.75, 3.05) is 38.5 Å². The fourth-order valence-electron chi connectivity index (χ4n) is 2.17. The number of anilines is 1. The van der Waals surface area contributed by atoms with Gasteiger partial charge >= 0.3 is 12.0 Å². The molecule has 1 aliphatic heterocycles. The van der Waals surface area contributed by atoms with Crippen LogP contribution in [0.1, 0.15) is 5.56 Å². The highest BCUT2D eigenvalue weighted by Crippen LogP contribution is 2.15. The Morgan fingerprint density at radius 3 is 2.52 bits per heavy atom. The lowest BCUT2D eigenvalue weighted by molar-refractivity contribution is -0.136. The quantitative estimate of drug-likeness (QED) is 0.756. The van der Waals surface area contributed by atoms with E-state index in [-0.39, 0.29) is 12.5 Å². The fraction of sp³-hybridized carbons (Fsp3) is 0.429. The number of carboxylic acid groups (broad SMARTS) is 1. The molecule has 21 heavy (non-hydrogen) atoms. The van der Waals surface area contributed by atoms with Gasteiger partial charge in [0.2, 0.25) is 0 Å². The topological polar surface area (TPSA) is 84.9 Å². The van der Waals surface area contributed by atoms with E-state index >= 15 is 0 Å². The van der Waals surface area contributed by atoms with Gasteiger partial charge < -0.3 is 15.3 Å². The SMILES string of the molecule is CN1CCN(NC(=O)Nc2ccccc2CC(=O)O)CC1. The Balaban J connectivity index is 1.92. The summed E-state index contributed by atoms with van der Waals surface area (Å²) in [6.07, 6.45) is -0.120. The predicted octanol–water partition coefficient (Wildman–Crippen LogP) is 0.598. The highest BCUT2D eigenvalue weighted by atomic mass is 16.4. The largest absolute Gasteiger partial charge is 0.481 e. The molecule has 1 fully saturated rings. The fourth-order valence-corrected chi connectivity index (χ4v) is 2.17. The van der Waals surface area contributed by atoms with Gasteiger partial charge in [0.05, 0.1) is 6.42 Å². The molecule has 2 amide bonds. The van der Waals surface area contributed by atoms with E-state index in [0.29, 0.717) is 11.3 Å². The van der Waals surface area contributed by atoms with Gasteiger partial charge in [-0.2, -0.15) is 0 Å². The van der Waals surface area contributed by atoms with Crippen LogP contribution in [0.4, 0.5) is 10.5 Å². The number of aliphatic carboxylic acids is 1. The van der Waals surface area contributed by atoms with Gasteiger partial charge in [0.1, 0.15) is 0 Å². The van der Waals surface area contributed by atoms with Crippen LogP contribution >= 0.6 is 0 Å². The predicted molar refractivity (Wildman–Crippen MR) is 79.0 cm³/mol. The molecule has 114 valence electrons. The molecule has 3 N–H and O–H groups in total. The summed E-state index contributed by atoms with van der Waals surface area (Å²) in [5.41, 5.74) is 3.88. The van der Waals surface area contributed by atoms with Gasteiger partial charge in [-0.15, -0.1) is 0 Å². The Kier molecular flexibility index (Phi) is 5.13. The Bertz CT molecular complexity index is 513. The van der Waals surface area contributed by atoms with Crippen LogP contribution in [0.15, 0.2) is 24.3 Å². The number of likely N-dealkylation sites (N-methyl/N-ethyl adjacent to an activating group) is 1. The molecule has 1 heterocycles. The molecular weight excluding hydrogens is 272 g/mol. The van der Waals surface area contributed by atoms with Crippen molar-refractivity contribution in [2.24, 2.45) is 0 Å². The number of piperazine rings is 1. The third kappa shape index (κ3) is 4.73. The van der Waals surface area contributed by atoms with E-state index < -0.39 is 5.97 Å². The number of carbonyl (C=O) groups excluding carboxylic acids is 1. The van der Waals surface area contributed by atoms with E-state index in [0.717, 1.165) is 26.2 Å². The van der Waals surface area contributed by atoms with Crippen LogP contribution in [-0.2, 0) is 11.2 Å². The van der Waals surface area contributed by atoms with Crippen molar-refractivity contribution >= 4 is 17.7 Å². The number of hydrogen-bond donors (Lipinski definition) is 3. The summed E-state index contributed by atoms with van der Waals surface area (Å²) in [5, 5.41) is 13.4. The number of hydrazine groups is 1. The molecular formula is C14H20N4O3. The summed E-state index contributed by atoms with van der Waals surface area (Å²) in [6, 6.07) is 6.55. The molecule has 0 bridgehead atoms. The van der Waals surface area contributed by atoms with Crippen LogP contribution in [0.25, 0.3) is 0 Å². The molecule has 0 spiro atoms. The molecule has 0 radical (unpaired) electrons. The Labute approximate surface area is 123 Å². The summed E-state index contributed by atoms with van der Waals surface area (Å²) in [7, 11) is 2.04. The van der Waals surface area contributed by atoms with Crippen LogP contribution in [-0.4, -0.2) is 60.2 Å². The molecule has 1 aromatic rings. The average Bonchev–Trinajstić information content (AvgIpc) is 2.43. The minimum atomic E-state index is -0.927. The summed E-state index contributed by atoms with van der Waals surface area (Å²) in [4.78, 5) is 25.0. The summed E-state index contributed by atoms with van der Waals surface area (Å²) < 4.78 is 0. The van der Waals surface area contributed by atoms with Gasteiger partial charge in [0, 0.05) is 31.9 Å². The maximum Gasteiger partial charge on any atom is 0.333 e. The van der Waals surface area contributed by atoms with Gasteiger partial charge in [-0.1, -0.05) is 18.2 Å². The summed E-state index contributed by atoms with van der Waals surface area (Å²) in [5.74, 6) is -0.927. The van der Waals surface area contributed by atoms with Crippen LogP contribution in [0.3, 0.4) is 0 Å². The van der Waals surface area contributed by atoms with Gasteiger partial charge in [-0.25, -0.2) is 9.80 Å². The van der Waals surface area contributed by atoms with E-state index in [2.05, 4.69) is 15.6 Å². The van der Waals surface area contributed by atoms with Crippen LogP contribution in [0, 0.1) is 0 Å². The third-order valence-corrected chi connectivity index (χ3v) is 3.37. The molecule has 0 atom stereocenters. The molecule has 1 saturated heterocycles. The number of nitrogens with zero attached hydrogens (tertiary/aromatic N) is 2. The lowest BCUT2D eigenvalue weighted by Crippen LogP contribution is -2.53. The first-order chi connectivity index (χ1) is 10.0. The zero-order chi connectivity index (χ0) is 15.2. The summed E-state index contributed by atoms with van der Waals surface area (Å²) in [6.45, 7) is 3.33. The normalized spacial score (nSPS) is 16.4. The number of carbonyl (C=O) groups is 2. The second-order valence-electron chi connectivity index (χ2n) is 5.08. The number of benzene rings is 1. The van der Waals surface area contributed by atoms with Crippen molar-refractivity contribution in [3.05, 3.63) is 29.8 Å². The van der Waals surface area contributed by atoms with Crippen molar-refractivity contribution in [1.82, 2.24) is 15.3 Å². The molecule has 1 aromatic carbocycles. The first kappa shape index (κ1) is 15.3. The number of carboxylic acids is 1. The van der Waals surface area contributed by atoms with Crippen molar-refractivity contribution in [3.63, 3.8) is 0 Å². The molecule has 2 rings (SSSR count). The van der Waals surface area contributed by atoms with E-state index in [9.17, 15) is 9.59 Å². The molecule has 0 aliphatic carbocycles. The first-order valence-electron chi connectivity index (χ1n) is 6.85. The van der Waals surface area contributed by atoms with Gasteiger partial charge in [0.15, 0.2) is 0 Å². The highest BCUT2D eigenvalue weighted by Gasteiger charge is 2.16. The van der Waals surface area contributed by atoms with E-state index in [4.69, 9.17) is 5.11 Å². The molecule has 0 unspecified atom stereocenters. The number of hydrogen-bond acceptors (Lipinski definition) is 4. The third-order valence-electron chi connectivity index (χ3n) is 3.37. The Hall–Kier alpha value is -2.12. The maximum atomic E-state index is 12.0. The van der Waals surface area contributed by atoms with Gasteiger partial charge in [-0.05, 0) is 18.7 Å². The van der Waals surface area contributed by atoms with Gasteiger partial charge in [-0.3, -0.25) is 10.2 Å². The number of rotatable bonds is 4. The Morgan fingerprint density at radius 1 is 1.19 bits per heavy atom. The van der Waals surface area contributed by atoms with E-state index in [1.54, 1.807) is 24.3 Å². The van der Waals surface area contributed by atoms with Crippen molar-refractivity contribution < 1.29 is 14.7 Å². The smallest absolute Gasteiger partial charge is 0.333 e. The second-order valence-corrected chi connectivity index (χ2v) is 5.08. The maximum absolute atomic E-state index is 12.0. The molecule has 0 saturated carbocycles. The van der Waals surface area contributed by atoms with E-state index in [1.807, 2.05) is 12.1 Å². The van der Waals surface area contributed by atoms with Crippen molar-refractivity contribution in [1.29, 1.82) is 0 Å². The molecule has 0 aromatic heterocycles. The standard InChI is InChI=1S/C14H20N4O3/c1-17-6-8-18(9-7-17)16-14(21)15-12-5-3-2-4-11(12)10-13(19)20/h2-5H,6-10H2,1H3,(H,19,20)(H2,15,16,21). The zero-order valence-corrected chi connectivity index (χ0v) is 12.0. The van der Waals surface area contributed by atoms with E-state index in [1.165, 1.54) is 0 Å². The number of nitrogens with one attached hydrogen (secondary N) is 2. The number of amides is 2. The average molecular weight is 292 g/mol. The van der Waals surface area contributed by atoms with Crippen molar-refractivity contribution in [2.45, 2.75) is 6.42 Å². The lowest BCUT2D eigenvalue weighted by atomic mass is 10.1. The molecule has 7 nitrogen and oxygen atoms in total. The van der Waals surface area contributed by atoms with Crippen LogP contribution in [0.5, 0.6) is 0 Å². The number of urea groups is 1. The zero-order valence-electron chi connectivity index (χ0n) is 12.0. The van der Waals surface area contributed by atoms with Gasteiger partial charge in [0.25, 0.3) is 0 Å². The number of para-hydroxylation sites is 1. The lowest BCUT2D eigenvalue weighted by Gasteiger charge is -2.32. The highest BCUT2D eigenvalue weighted by molar-refractivity contribution is 5.90. The minimum Gasteiger partial charge on any atom is -0.481 e. The van der Waals surface area contributed by atoms with Crippen molar-refractivity contribution in [3.8, 4) is 0 Å². The first-order valence-corrected chi connectivity index (χ1v) is 6.85. The minimum absolute atomic E-state index is 0.120. The summed E-state index contributed by atoms with van der Waals surface area (Å²) >= 11 is 0. The molecule has 1 aliphatic rings. The van der Waals surface area contributed by atoms with Crippen LogP contribution < -0.4 is 10.7 Å². The monoisotopic (exact) mass is 292 g/mol. The molecule has 7 heteroatoms. The Morgan fingerprint density at radius 2 is 1.86 bits per heavy atom. The van der Waals surface area contributed by atoms with Crippen LogP contribution in [0.2, 0.25) is 0 Å². The second kappa shape index (κ2) is 7.05.